The fraction of sp³-hybridized carbons (Fsp3) is 0.286. The van der Waals surface area contributed by atoms with E-state index in [-0.39, 0.29) is 5.91 Å². The number of carbonyl (C=O) groups is 1. The highest BCUT2D eigenvalue weighted by atomic mass is 35.5. The smallest absolute Gasteiger partial charge is 0.274 e. The van der Waals surface area contributed by atoms with Crippen LogP contribution in [0.2, 0.25) is 10.0 Å². The molecule has 1 aromatic carbocycles. The van der Waals surface area contributed by atoms with Crippen LogP contribution in [0.5, 0.6) is 0 Å². The summed E-state index contributed by atoms with van der Waals surface area (Å²) in [6, 6.07) is 5.28. The summed E-state index contributed by atoms with van der Waals surface area (Å²) in [7, 11) is 3.40. The molecule has 0 fully saturated rings. The average molecular weight is 327 g/mol. The summed E-state index contributed by atoms with van der Waals surface area (Å²) < 4.78 is 1.50. The van der Waals surface area contributed by atoms with Gasteiger partial charge < -0.3 is 10.6 Å². The Morgan fingerprint density at radius 1 is 1.38 bits per heavy atom. The van der Waals surface area contributed by atoms with E-state index < -0.39 is 0 Å². The molecule has 2 N–H and O–H groups in total. The molecule has 0 atom stereocenters. The molecule has 1 amide bonds. The van der Waals surface area contributed by atoms with Gasteiger partial charge in [0.05, 0.1) is 21.4 Å². The lowest BCUT2D eigenvalue weighted by molar-refractivity contribution is 0.0775. The van der Waals surface area contributed by atoms with Crippen molar-refractivity contribution < 1.29 is 4.79 Å². The standard InChI is InChI=1S/C14H16Cl2N4O/c1-8-12(17)13(20(3)18-8)14(21)19(2)7-9-4-5-10(15)11(16)6-9/h4-6H,7,17H2,1-3H3. The zero-order chi connectivity index (χ0) is 15.7. The number of aromatic nitrogens is 2. The fourth-order valence-corrected chi connectivity index (χ4v) is 2.41. The van der Waals surface area contributed by atoms with Crippen LogP contribution in [0.3, 0.4) is 0 Å². The summed E-state index contributed by atoms with van der Waals surface area (Å²) in [6.07, 6.45) is 0. The van der Waals surface area contributed by atoms with Crippen molar-refractivity contribution in [1.82, 2.24) is 14.7 Å². The number of amides is 1. The maximum absolute atomic E-state index is 12.5. The number of hydrogen-bond donors (Lipinski definition) is 1. The van der Waals surface area contributed by atoms with E-state index in [0.29, 0.717) is 33.7 Å². The molecule has 0 aliphatic rings. The maximum atomic E-state index is 12.5. The van der Waals surface area contributed by atoms with Crippen LogP contribution in [0.4, 0.5) is 5.69 Å². The number of anilines is 1. The van der Waals surface area contributed by atoms with Gasteiger partial charge in [-0.3, -0.25) is 9.48 Å². The number of nitrogens with zero attached hydrogens (tertiary/aromatic N) is 3. The Bertz CT molecular complexity index is 697. The second-order valence-electron chi connectivity index (χ2n) is 4.88. The van der Waals surface area contributed by atoms with Crippen molar-refractivity contribution in [3.05, 3.63) is 45.2 Å². The highest BCUT2D eigenvalue weighted by Gasteiger charge is 2.21. The van der Waals surface area contributed by atoms with Crippen molar-refractivity contribution in [2.24, 2.45) is 7.05 Å². The summed E-state index contributed by atoms with van der Waals surface area (Å²) in [4.78, 5) is 14.0. The van der Waals surface area contributed by atoms with E-state index in [9.17, 15) is 4.79 Å². The molecule has 0 saturated heterocycles. The van der Waals surface area contributed by atoms with Crippen LogP contribution in [-0.2, 0) is 13.6 Å². The quantitative estimate of drug-likeness (QED) is 0.943. The molecular formula is C14H16Cl2N4O. The summed E-state index contributed by atoms with van der Waals surface area (Å²) in [5.74, 6) is -0.193. The Morgan fingerprint density at radius 2 is 2.05 bits per heavy atom. The first-order valence-corrected chi connectivity index (χ1v) is 7.05. The Kier molecular flexibility index (Phi) is 4.44. The van der Waals surface area contributed by atoms with Gasteiger partial charge in [-0.15, -0.1) is 0 Å². The topological polar surface area (TPSA) is 64.2 Å². The number of halogens is 2. The molecule has 1 heterocycles. The lowest BCUT2D eigenvalue weighted by Gasteiger charge is -2.18. The molecule has 2 rings (SSSR count). The maximum Gasteiger partial charge on any atom is 0.274 e. The fourth-order valence-electron chi connectivity index (χ4n) is 2.09. The summed E-state index contributed by atoms with van der Waals surface area (Å²) in [5, 5.41) is 5.10. The van der Waals surface area contributed by atoms with Gasteiger partial charge in [0.1, 0.15) is 5.69 Å². The molecular weight excluding hydrogens is 311 g/mol. The van der Waals surface area contributed by atoms with Gasteiger partial charge >= 0.3 is 0 Å². The first kappa shape index (κ1) is 15.7. The van der Waals surface area contributed by atoms with E-state index in [4.69, 9.17) is 28.9 Å². The third kappa shape index (κ3) is 3.14. The molecule has 1 aromatic heterocycles. The average Bonchev–Trinajstić information content (AvgIpc) is 2.67. The first-order chi connectivity index (χ1) is 9.81. The zero-order valence-corrected chi connectivity index (χ0v) is 13.5. The van der Waals surface area contributed by atoms with Crippen LogP contribution in [0.1, 0.15) is 21.7 Å². The Hall–Kier alpha value is -1.72. The number of carbonyl (C=O) groups excluding carboxylic acids is 1. The predicted molar refractivity (Wildman–Crippen MR) is 84.6 cm³/mol. The van der Waals surface area contributed by atoms with Crippen LogP contribution in [0.15, 0.2) is 18.2 Å². The summed E-state index contributed by atoms with van der Waals surface area (Å²) in [5.41, 5.74) is 8.23. The number of rotatable bonds is 3. The first-order valence-electron chi connectivity index (χ1n) is 6.29. The third-order valence-electron chi connectivity index (χ3n) is 3.22. The van der Waals surface area contributed by atoms with Gasteiger partial charge in [0.2, 0.25) is 0 Å². The SMILES string of the molecule is Cc1nn(C)c(C(=O)N(C)Cc2ccc(Cl)c(Cl)c2)c1N. The van der Waals surface area contributed by atoms with E-state index in [2.05, 4.69) is 5.10 Å². The summed E-state index contributed by atoms with van der Waals surface area (Å²) >= 11 is 11.9. The largest absolute Gasteiger partial charge is 0.395 e. The zero-order valence-electron chi connectivity index (χ0n) is 12.0. The minimum Gasteiger partial charge on any atom is -0.395 e. The van der Waals surface area contributed by atoms with Crippen LogP contribution in [0.25, 0.3) is 0 Å². The number of nitrogen functional groups attached to an aromatic ring is 1. The second-order valence-corrected chi connectivity index (χ2v) is 5.70. The number of aryl methyl sites for hydroxylation is 2. The van der Waals surface area contributed by atoms with Crippen molar-refractivity contribution in [3.8, 4) is 0 Å². The minimum absolute atomic E-state index is 0.193. The van der Waals surface area contributed by atoms with Gasteiger partial charge in [-0.1, -0.05) is 29.3 Å². The normalized spacial score (nSPS) is 10.7. The van der Waals surface area contributed by atoms with E-state index in [1.165, 1.54) is 4.68 Å². The van der Waals surface area contributed by atoms with Gasteiger partial charge in [-0.25, -0.2) is 0 Å². The molecule has 2 aromatic rings. The highest BCUT2D eigenvalue weighted by Crippen LogP contribution is 2.24. The molecule has 0 saturated carbocycles. The van der Waals surface area contributed by atoms with E-state index in [1.807, 2.05) is 6.07 Å². The summed E-state index contributed by atoms with van der Waals surface area (Å²) in [6.45, 7) is 2.17. The van der Waals surface area contributed by atoms with Crippen LogP contribution in [0, 0.1) is 6.92 Å². The molecule has 0 spiro atoms. The number of hydrogen-bond acceptors (Lipinski definition) is 3. The van der Waals surface area contributed by atoms with Crippen LogP contribution in [-0.4, -0.2) is 27.6 Å². The molecule has 21 heavy (non-hydrogen) atoms. The Morgan fingerprint density at radius 3 is 2.57 bits per heavy atom. The van der Waals surface area contributed by atoms with Gasteiger partial charge in [0.15, 0.2) is 0 Å². The Balaban J connectivity index is 2.21. The van der Waals surface area contributed by atoms with Gasteiger partial charge in [0, 0.05) is 20.6 Å². The molecule has 0 bridgehead atoms. The molecule has 5 nitrogen and oxygen atoms in total. The monoisotopic (exact) mass is 326 g/mol. The number of benzene rings is 1. The van der Waals surface area contributed by atoms with E-state index in [0.717, 1.165) is 5.56 Å². The van der Waals surface area contributed by atoms with Gasteiger partial charge in [-0.05, 0) is 24.6 Å². The van der Waals surface area contributed by atoms with Crippen molar-refractivity contribution in [2.45, 2.75) is 13.5 Å². The number of nitrogens with two attached hydrogens (primary N) is 1. The van der Waals surface area contributed by atoms with Crippen molar-refractivity contribution >= 4 is 34.8 Å². The molecule has 0 unspecified atom stereocenters. The minimum atomic E-state index is -0.193. The van der Waals surface area contributed by atoms with Gasteiger partial charge in [0.25, 0.3) is 5.91 Å². The highest BCUT2D eigenvalue weighted by molar-refractivity contribution is 6.42. The van der Waals surface area contributed by atoms with Crippen molar-refractivity contribution in [3.63, 3.8) is 0 Å². The predicted octanol–water partition coefficient (Wildman–Crippen LogP) is 2.89. The molecule has 0 radical (unpaired) electrons. The van der Waals surface area contributed by atoms with Crippen LogP contribution >= 0.6 is 23.2 Å². The van der Waals surface area contributed by atoms with Crippen molar-refractivity contribution in [2.75, 3.05) is 12.8 Å². The lowest BCUT2D eigenvalue weighted by atomic mass is 10.2. The molecule has 7 heteroatoms. The van der Waals surface area contributed by atoms with E-state index in [1.54, 1.807) is 38.1 Å². The van der Waals surface area contributed by atoms with Crippen molar-refractivity contribution in [1.29, 1.82) is 0 Å². The van der Waals surface area contributed by atoms with Crippen LogP contribution < -0.4 is 5.73 Å². The second kappa shape index (κ2) is 5.95. The molecule has 0 aliphatic heterocycles. The molecule has 112 valence electrons. The molecule has 0 aliphatic carbocycles. The van der Waals surface area contributed by atoms with Gasteiger partial charge in [-0.2, -0.15) is 5.10 Å². The van der Waals surface area contributed by atoms with E-state index >= 15 is 0 Å². The lowest BCUT2D eigenvalue weighted by Crippen LogP contribution is -2.28. The Labute approximate surface area is 133 Å². The third-order valence-corrected chi connectivity index (χ3v) is 3.96.